The number of rotatable bonds is 5. The van der Waals surface area contributed by atoms with Gasteiger partial charge in [-0.25, -0.2) is 14.1 Å². The molecule has 0 unspecified atom stereocenters. The van der Waals surface area contributed by atoms with E-state index < -0.39 is 0 Å². The van der Waals surface area contributed by atoms with Crippen molar-refractivity contribution in [3.8, 4) is 33.7 Å². The lowest BCUT2D eigenvalue weighted by Crippen LogP contribution is -1.96. The predicted octanol–water partition coefficient (Wildman–Crippen LogP) is 5.67. The maximum Gasteiger partial charge on any atom is 0.183 e. The number of ether oxygens (including phenoxy) is 1. The smallest absolute Gasteiger partial charge is 0.183 e. The van der Waals surface area contributed by atoms with Crippen LogP contribution in [0.2, 0.25) is 0 Å². The van der Waals surface area contributed by atoms with Gasteiger partial charge in [0.15, 0.2) is 5.65 Å². The maximum atomic E-state index is 15.2. The van der Waals surface area contributed by atoms with E-state index in [9.17, 15) is 0 Å². The summed E-state index contributed by atoms with van der Waals surface area (Å²) in [6, 6.07) is 18.6. The zero-order valence-electron chi connectivity index (χ0n) is 19.2. The number of aryl methyl sites for hydroxylation is 1. The Morgan fingerprint density at radius 1 is 0.971 bits per heavy atom. The number of nitrogens with zero attached hydrogens (tertiary/aromatic N) is 6. The van der Waals surface area contributed by atoms with Gasteiger partial charge in [-0.3, -0.25) is 0 Å². The van der Waals surface area contributed by atoms with Crippen LogP contribution < -0.4 is 4.74 Å². The number of halogens is 1. The molecule has 7 nitrogen and oxygen atoms in total. The molecule has 8 heteroatoms. The third-order valence-corrected chi connectivity index (χ3v) is 6.16. The molecule has 0 radical (unpaired) electrons. The van der Waals surface area contributed by atoms with E-state index in [4.69, 9.17) is 4.74 Å². The van der Waals surface area contributed by atoms with Crippen LogP contribution in [0.3, 0.4) is 0 Å². The summed E-state index contributed by atoms with van der Waals surface area (Å²) in [5, 5.41) is 13.9. The molecule has 0 aliphatic heterocycles. The van der Waals surface area contributed by atoms with Gasteiger partial charge in [-0.1, -0.05) is 24.3 Å². The van der Waals surface area contributed by atoms with E-state index in [-0.39, 0.29) is 5.82 Å². The molecular formula is C27H21FN6O. The van der Waals surface area contributed by atoms with Crippen molar-refractivity contribution in [3.63, 3.8) is 0 Å². The molecule has 3 heterocycles. The van der Waals surface area contributed by atoms with Crippen molar-refractivity contribution in [1.29, 1.82) is 0 Å². The molecule has 0 bridgehead atoms. The number of methoxy groups -OCH3 is 1. The predicted molar refractivity (Wildman–Crippen MR) is 133 cm³/mol. The molecule has 0 aliphatic rings. The van der Waals surface area contributed by atoms with Crippen molar-refractivity contribution < 1.29 is 9.13 Å². The van der Waals surface area contributed by atoms with Gasteiger partial charge in [0.2, 0.25) is 0 Å². The van der Waals surface area contributed by atoms with Crippen molar-refractivity contribution in [2.75, 3.05) is 7.11 Å². The van der Waals surface area contributed by atoms with Crippen LogP contribution in [0.4, 0.5) is 4.39 Å². The average Bonchev–Trinajstić information content (AvgIpc) is 3.52. The Bertz CT molecular complexity index is 1690. The molecule has 0 spiro atoms. The van der Waals surface area contributed by atoms with E-state index in [1.165, 1.54) is 6.07 Å². The Morgan fingerprint density at radius 2 is 1.83 bits per heavy atom. The Balaban J connectivity index is 1.51. The van der Waals surface area contributed by atoms with E-state index in [0.29, 0.717) is 22.5 Å². The average molecular weight is 465 g/mol. The minimum atomic E-state index is -0.348. The van der Waals surface area contributed by atoms with Crippen molar-refractivity contribution >= 4 is 22.1 Å². The van der Waals surface area contributed by atoms with Gasteiger partial charge in [0.05, 0.1) is 30.8 Å². The second-order valence-corrected chi connectivity index (χ2v) is 8.18. The number of para-hydroxylation sites is 1. The molecule has 0 amide bonds. The quantitative estimate of drug-likeness (QED) is 0.329. The van der Waals surface area contributed by atoms with Crippen molar-refractivity contribution in [2.24, 2.45) is 0 Å². The van der Waals surface area contributed by atoms with E-state index in [1.807, 2.05) is 70.9 Å². The van der Waals surface area contributed by atoms with Gasteiger partial charge in [0.25, 0.3) is 0 Å². The minimum Gasteiger partial charge on any atom is -0.496 e. The van der Waals surface area contributed by atoms with Gasteiger partial charge < -0.3 is 9.30 Å². The number of imidazole rings is 1. The normalized spacial score (nSPS) is 11.4. The largest absolute Gasteiger partial charge is 0.496 e. The number of hydrogen-bond acceptors (Lipinski definition) is 5. The van der Waals surface area contributed by atoms with Crippen LogP contribution in [-0.2, 0) is 6.54 Å². The second kappa shape index (κ2) is 8.32. The highest BCUT2D eigenvalue weighted by atomic mass is 19.1. The van der Waals surface area contributed by atoms with E-state index in [1.54, 1.807) is 25.7 Å². The Morgan fingerprint density at radius 3 is 2.63 bits per heavy atom. The zero-order valence-corrected chi connectivity index (χ0v) is 19.2. The summed E-state index contributed by atoms with van der Waals surface area (Å²) < 4.78 is 24.6. The topological polar surface area (TPSA) is 70.7 Å². The van der Waals surface area contributed by atoms with Crippen LogP contribution in [0.15, 0.2) is 79.4 Å². The molecule has 6 rings (SSSR count). The number of hydrogen-bond donors (Lipinski definition) is 0. The van der Waals surface area contributed by atoms with Gasteiger partial charge >= 0.3 is 0 Å². The molecule has 6 aromatic rings. The van der Waals surface area contributed by atoms with Crippen LogP contribution >= 0.6 is 0 Å². The standard InChI is InChI=1S/C27H21FN6O/c1-3-33-16-29-26-22(14-30-31-27(26)33)17-9-10-23(28)20(11-17)21-12-18-15-34(19-7-5-4-6-8-19)32-24(18)13-25(21)35-2/h4-16H,3H2,1-2H3. The monoisotopic (exact) mass is 464 g/mol. The van der Waals surface area contributed by atoms with Gasteiger partial charge in [-0.2, -0.15) is 10.2 Å². The molecule has 0 aliphatic carbocycles. The fourth-order valence-corrected chi connectivity index (χ4v) is 4.36. The fraction of sp³-hybridized carbons (Fsp3) is 0.111. The highest BCUT2D eigenvalue weighted by Crippen LogP contribution is 2.38. The first-order valence-corrected chi connectivity index (χ1v) is 11.3. The Kier molecular flexibility index (Phi) is 4.99. The molecule has 35 heavy (non-hydrogen) atoms. The Hall–Kier alpha value is -4.59. The molecule has 172 valence electrons. The lowest BCUT2D eigenvalue weighted by molar-refractivity contribution is 0.416. The summed E-state index contributed by atoms with van der Waals surface area (Å²) >= 11 is 0. The lowest BCUT2D eigenvalue weighted by atomic mass is 9.97. The third-order valence-electron chi connectivity index (χ3n) is 6.16. The number of benzene rings is 3. The van der Waals surface area contributed by atoms with Gasteiger partial charge in [-0.15, -0.1) is 5.10 Å². The van der Waals surface area contributed by atoms with Gasteiger partial charge in [-0.05, 0) is 42.8 Å². The van der Waals surface area contributed by atoms with E-state index in [0.717, 1.165) is 39.8 Å². The van der Waals surface area contributed by atoms with E-state index >= 15 is 4.39 Å². The molecule has 0 atom stereocenters. The van der Waals surface area contributed by atoms with Crippen molar-refractivity contribution in [1.82, 2.24) is 29.5 Å². The first-order chi connectivity index (χ1) is 17.2. The molecule has 0 fully saturated rings. The maximum absolute atomic E-state index is 15.2. The highest BCUT2D eigenvalue weighted by Gasteiger charge is 2.17. The third kappa shape index (κ3) is 3.50. The second-order valence-electron chi connectivity index (χ2n) is 8.18. The first-order valence-electron chi connectivity index (χ1n) is 11.3. The summed E-state index contributed by atoms with van der Waals surface area (Å²) in [5.41, 5.74) is 5.78. The summed E-state index contributed by atoms with van der Waals surface area (Å²) in [6.45, 7) is 2.75. The van der Waals surface area contributed by atoms with Crippen molar-refractivity contribution in [2.45, 2.75) is 13.5 Å². The van der Waals surface area contributed by atoms with Crippen LogP contribution in [0, 0.1) is 5.82 Å². The summed E-state index contributed by atoms with van der Waals surface area (Å²) in [7, 11) is 1.58. The first kappa shape index (κ1) is 21.0. The molecule has 0 saturated carbocycles. The summed E-state index contributed by atoms with van der Waals surface area (Å²) in [5.74, 6) is 0.194. The van der Waals surface area contributed by atoms with Crippen molar-refractivity contribution in [3.05, 3.63) is 85.2 Å². The number of aromatic nitrogens is 6. The summed E-state index contributed by atoms with van der Waals surface area (Å²) in [6.07, 6.45) is 5.34. The van der Waals surface area contributed by atoms with Gasteiger partial charge in [0, 0.05) is 40.9 Å². The van der Waals surface area contributed by atoms with Crippen LogP contribution in [0.25, 0.3) is 50.0 Å². The molecule has 3 aromatic carbocycles. The number of fused-ring (bicyclic) bond motifs is 2. The van der Waals surface area contributed by atoms with Gasteiger partial charge in [0.1, 0.15) is 17.1 Å². The SMILES string of the molecule is CCn1cnc2c(-c3ccc(F)c(-c4cc5cn(-c6ccccc6)nc5cc4OC)c3)cnnc21. The molecule has 0 saturated heterocycles. The van der Waals surface area contributed by atoms with Crippen LogP contribution in [0.5, 0.6) is 5.75 Å². The zero-order chi connectivity index (χ0) is 23.9. The molecule has 3 aromatic heterocycles. The fourth-order valence-electron chi connectivity index (χ4n) is 4.36. The Labute approximate surface area is 200 Å². The lowest BCUT2D eigenvalue weighted by Gasteiger charge is -2.12. The summed E-state index contributed by atoms with van der Waals surface area (Å²) in [4.78, 5) is 4.53. The minimum absolute atomic E-state index is 0.348. The highest BCUT2D eigenvalue weighted by molar-refractivity contribution is 5.92. The van der Waals surface area contributed by atoms with Crippen LogP contribution in [-0.4, -0.2) is 36.6 Å². The molecule has 0 N–H and O–H groups in total. The van der Waals surface area contributed by atoms with E-state index in [2.05, 4.69) is 20.3 Å². The molecular weight excluding hydrogens is 443 g/mol. The van der Waals surface area contributed by atoms with Crippen LogP contribution in [0.1, 0.15) is 6.92 Å².